The van der Waals surface area contributed by atoms with Crippen LogP contribution in [0.25, 0.3) is 22.1 Å². The molecular weight excluding hydrogens is 404 g/mol. The molecule has 0 saturated heterocycles. The van der Waals surface area contributed by atoms with Gasteiger partial charge >= 0.3 is 0 Å². The number of hydrogen-bond donors (Lipinski definition) is 0. The van der Waals surface area contributed by atoms with Crippen LogP contribution in [-0.4, -0.2) is 42.4 Å². The third kappa shape index (κ3) is 3.95. The smallest absolute Gasteiger partial charge is 0.230 e. The van der Waals surface area contributed by atoms with E-state index in [1.54, 1.807) is 46.5 Å². The van der Waals surface area contributed by atoms with Crippen LogP contribution < -0.4 is 0 Å². The molecule has 0 aliphatic heterocycles. The van der Waals surface area contributed by atoms with Gasteiger partial charge in [0.15, 0.2) is 10.3 Å². The lowest BCUT2D eigenvalue weighted by molar-refractivity contribution is 0.0922. The van der Waals surface area contributed by atoms with Gasteiger partial charge in [-0.2, -0.15) is 0 Å². The van der Waals surface area contributed by atoms with Crippen molar-refractivity contribution in [3.8, 4) is 0 Å². The number of carbonyl (C=O) groups excluding carboxylic acids is 2. The Bertz CT molecular complexity index is 1120. The molecule has 8 heteroatoms. The van der Waals surface area contributed by atoms with Crippen molar-refractivity contribution in [2.75, 3.05) is 11.5 Å². The summed E-state index contributed by atoms with van der Waals surface area (Å²) in [5.41, 5.74) is 3.34. The Labute approximate surface area is 176 Å². The summed E-state index contributed by atoms with van der Waals surface area (Å²) < 4.78 is 3.34. The van der Waals surface area contributed by atoms with Crippen molar-refractivity contribution < 1.29 is 9.59 Å². The number of benzene rings is 2. The number of imidazole rings is 2. The SMILES string of the molecule is CC(=O)n1c(SCCCSc2nc3ccccc3n2C(C)=O)nc2ccccc21. The number of fused-ring (bicyclic) bond motifs is 2. The lowest BCUT2D eigenvalue weighted by atomic mass is 10.3. The number of para-hydroxylation sites is 4. The van der Waals surface area contributed by atoms with Crippen LogP contribution in [0.15, 0.2) is 58.8 Å². The topological polar surface area (TPSA) is 69.8 Å². The Balaban J connectivity index is 1.41. The third-order valence-electron chi connectivity index (χ3n) is 4.44. The summed E-state index contributed by atoms with van der Waals surface area (Å²) in [5, 5.41) is 1.44. The van der Waals surface area contributed by atoms with Gasteiger partial charge < -0.3 is 0 Å². The zero-order valence-electron chi connectivity index (χ0n) is 16.2. The van der Waals surface area contributed by atoms with E-state index in [0.29, 0.717) is 0 Å². The van der Waals surface area contributed by atoms with Crippen LogP contribution >= 0.6 is 23.5 Å². The van der Waals surface area contributed by atoms with Gasteiger partial charge in [-0.3, -0.25) is 18.7 Å². The summed E-state index contributed by atoms with van der Waals surface area (Å²) in [5.74, 6) is 1.57. The fourth-order valence-electron chi connectivity index (χ4n) is 3.20. The summed E-state index contributed by atoms with van der Waals surface area (Å²) in [6.07, 6.45) is 0.900. The van der Waals surface area contributed by atoms with Crippen LogP contribution in [0, 0.1) is 0 Å². The van der Waals surface area contributed by atoms with Crippen molar-refractivity contribution in [2.45, 2.75) is 30.6 Å². The highest BCUT2D eigenvalue weighted by Crippen LogP contribution is 2.27. The Morgan fingerprint density at radius 3 is 1.59 bits per heavy atom. The molecule has 0 amide bonds. The highest BCUT2D eigenvalue weighted by Gasteiger charge is 2.15. The molecule has 29 heavy (non-hydrogen) atoms. The number of hydrogen-bond acceptors (Lipinski definition) is 6. The highest BCUT2D eigenvalue weighted by molar-refractivity contribution is 8.00. The summed E-state index contributed by atoms with van der Waals surface area (Å²) in [4.78, 5) is 33.3. The molecule has 4 aromatic rings. The van der Waals surface area contributed by atoms with E-state index in [4.69, 9.17) is 0 Å². The number of carbonyl (C=O) groups is 2. The molecule has 0 aliphatic rings. The molecule has 2 heterocycles. The van der Waals surface area contributed by atoms with Gasteiger partial charge in [0, 0.05) is 25.4 Å². The van der Waals surface area contributed by atoms with Crippen LogP contribution in [-0.2, 0) is 0 Å². The highest BCUT2D eigenvalue weighted by atomic mass is 32.2. The predicted molar refractivity (Wildman–Crippen MR) is 118 cm³/mol. The molecule has 4 rings (SSSR count). The van der Waals surface area contributed by atoms with E-state index in [1.807, 2.05) is 48.5 Å². The quantitative estimate of drug-likeness (QED) is 0.321. The molecule has 0 aliphatic carbocycles. The van der Waals surface area contributed by atoms with Crippen LogP contribution in [0.2, 0.25) is 0 Å². The van der Waals surface area contributed by atoms with Crippen molar-refractivity contribution in [1.29, 1.82) is 0 Å². The average Bonchev–Trinajstić information content (AvgIpc) is 3.25. The molecule has 2 aromatic carbocycles. The first-order valence-corrected chi connectivity index (χ1v) is 11.3. The Morgan fingerprint density at radius 1 is 0.759 bits per heavy atom. The van der Waals surface area contributed by atoms with Crippen LogP contribution in [0.4, 0.5) is 0 Å². The van der Waals surface area contributed by atoms with E-state index in [1.165, 1.54) is 0 Å². The zero-order valence-corrected chi connectivity index (χ0v) is 17.8. The van der Waals surface area contributed by atoms with Crippen molar-refractivity contribution in [1.82, 2.24) is 19.1 Å². The maximum atomic E-state index is 12.1. The second-order valence-corrected chi connectivity index (χ2v) is 8.65. The largest absolute Gasteiger partial charge is 0.274 e. The lowest BCUT2D eigenvalue weighted by Crippen LogP contribution is -2.07. The minimum absolute atomic E-state index is 0.0363. The van der Waals surface area contributed by atoms with Gasteiger partial charge in [0.2, 0.25) is 11.8 Å². The molecule has 0 radical (unpaired) electrons. The summed E-state index contributed by atoms with van der Waals surface area (Å²) >= 11 is 3.15. The maximum Gasteiger partial charge on any atom is 0.230 e. The summed E-state index contributed by atoms with van der Waals surface area (Å²) in [6.45, 7) is 3.11. The first kappa shape index (κ1) is 19.7. The Kier molecular flexibility index (Phi) is 5.73. The molecule has 0 unspecified atom stereocenters. The van der Waals surface area contributed by atoms with Gasteiger partial charge in [0.25, 0.3) is 0 Å². The van der Waals surface area contributed by atoms with Gasteiger partial charge in [-0.05, 0) is 30.7 Å². The van der Waals surface area contributed by atoms with Gasteiger partial charge in [-0.15, -0.1) is 0 Å². The van der Waals surface area contributed by atoms with Crippen molar-refractivity contribution in [3.05, 3.63) is 48.5 Å². The van der Waals surface area contributed by atoms with Gasteiger partial charge in [-0.1, -0.05) is 47.8 Å². The van der Waals surface area contributed by atoms with Gasteiger partial charge in [0.05, 0.1) is 22.1 Å². The van der Waals surface area contributed by atoms with Gasteiger partial charge in [-0.25, -0.2) is 9.97 Å². The minimum Gasteiger partial charge on any atom is -0.274 e. The fourth-order valence-corrected chi connectivity index (χ4v) is 5.36. The van der Waals surface area contributed by atoms with E-state index in [2.05, 4.69) is 9.97 Å². The predicted octanol–water partition coefficient (Wildman–Crippen LogP) is 4.98. The molecule has 148 valence electrons. The van der Waals surface area contributed by atoms with Crippen molar-refractivity contribution in [2.24, 2.45) is 0 Å². The van der Waals surface area contributed by atoms with E-state index in [9.17, 15) is 9.59 Å². The number of aromatic nitrogens is 4. The minimum atomic E-state index is -0.0363. The van der Waals surface area contributed by atoms with Crippen molar-refractivity contribution >= 4 is 57.4 Å². The molecular formula is C21H20N4O2S2. The van der Waals surface area contributed by atoms with E-state index < -0.39 is 0 Å². The Hall–Kier alpha value is -2.58. The summed E-state index contributed by atoms with van der Waals surface area (Å²) in [7, 11) is 0. The molecule has 0 fully saturated rings. The Morgan fingerprint density at radius 2 is 1.17 bits per heavy atom. The molecule has 6 nitrogen and oxygen atoms in total. The number of rotatable bonds is 6. The fraction of sp³-hybridized carbons (Fsp3) is 0.238. The zero-order chi connectivity index (χ0) is 20.4. The van der Waals surface area contributed by atoms with Crippen molar-refractivity contribution in [3.63, 3.8) is 0 Å². The van der Waals surface area contributed by atoms with Crippen LogP contribution in [0.5, 0.6) is 0 Å². The standard InChI is InChI=1S/C21H20N4O2S2/c1-14(26)24-18-10-5-3-8-16(18)22-20(24)28-12-7-13-29-21-23-17-9-4-6-11-19(17)25(21)15(2)27/h3-6,8-11H,7,12-13H2,1-2H3. The second kappa shape index (κ2) is 8.42. The third-order valence-corrected chi connectivity index (χ3v) is 6.49. The van der Waals surface area contributed by atoms with Gasteiger partial charge in [0.1, 0.15) is 0 Å². The molecule has 2 aromatic heterocycles. The van der Waals surface area contributed by atoms with Crippen LogP contribution in [0.1, 0.15) is 29.9 Å². The maximum absolute atomic E-state index is 12.1. The molecule has 0 N–H and O–H groups in total. The first-order chi connectivity index (χ1) is 14.1. The summed E-state index contributed by atoms with van der Waals surface area (Å²) in [6, 6.07) is 15.3. The average molecular weight is 425 g/mol. The monoisotopic (exact) mass is 424 g/mol. The van der Waals surface area contributed by atoms with E-state index >= 15 is 0 Å². The van der Waals surface area contributed by atoms with Crippen LogP contribution in [0.3, 0.4) is 0 Å². The molecule has 0 bridgehead atoms. The normalized spacial score (nSPS) is 11.4. The number of thioether (sulfide) groups is 2. The van der Waals surface area contributed by atoms with E-state index in [0.717, 1.165) is 50.3 Å². The number of nitrogens with zero attached hydrogens (tertiary/aromatic N) is 4. The van der Waals surface area contributed by atoms with E-state index in [-0.39, 0.29) is 11.8 Å². The second-order valence-electron chi connectivity index (χ2n) is 6.53. The first-order valence-electron chi connectivity index (χ1n) is 9.28. The molecule has 0 spiro atoms. The molecule has 0 saturated carbocycles. The lowest BCUT2D eigenvalue weighted by Gasteiger charge is -2.05. The molecule has 0 atom stereocenters.